The summed E-state index contributed by atoms with van der Waals surface area (Å²) in [6, 6.07) is 9.03. The highest BCUT2D eigenvalue weighted by atomic mass is 19.2. The summed E-state index contributed by atoms with van der Waals surface area (Å²) in [5.74, 6) is -0.852. The summed E-state index contributed by atoms with van der Waals surface area (Å²) in [5.41, 5.74) is 3.45. The predicted molar refractivity (Wildman–Crippen MR) is 127 cm³/mol. The van der Waals surface area contributed by atoms with Crippen LogP contribution in [0.3, 0.4) is 0 Å². The van der Waals surface area contributed by atoms with Crippen molar-refractivity contribution in [2.45, 2.75) is 75.9 Å². The largest absolute Gasteiger partial charge is 0.381 e. The van der Waals surface area contributed by atoms with Gasteiger partial charge in [-0.2, -0.15) is 0 Å². The Hall–Kier alpha value is -2.11. The Morgan fingerprint density at radius 2 is 1.76 bits per heavy atom. The minimum Gasteiger partial charge on any atom is -0.381 e. The van der Waals surface area contributed by atoms with E-state index in [1.807, 2.05) is 18.2 Å². The summed E-state index contributed by atoms with van der Waals surface area (Å²) in [5, 5.41) is 0. The van der Waals surface area contributed by atoms with Crippen molar-refractivity contribution in [1.82, 2.24) is 0 Å². The Morgan fingerprint density at radius 3 is 2.41 bits per heavy atom. The van der Waals surface area contributed by atoms with Gasteiger partial charge in [0.1, 0.15) is 11.9 Å². The van der Waals surface area contributed by atoms with Crippen LogP contribution >= 0.6 is 0 Å². The molecule has 2 unspecified atom stereocenters. The first kappa shape index (κ1) is 23.6. The van der Waals surface area contributed by atoms with Crippen molar-refractivity contribution >= 4 is 5.57 Å². The zero-order valence-electron chi connectivity index (χ0n) is 19.8. The number of allylic oxidation sites excluding steroid dienone is 1. The number of aryl methyl sites for hydroxylation is 1. The number of halogens is 3. The van der Waals surface area contributed by atoms with E-state index in [0.717, 1.165) is 61.6 Å². The molecule has 0 radical (unpaired) electrons. The molecular weight excluding hydrogens is 437 g/mol. The van der Waals surface area contributed by atoms with Gasteiger partial charge >= 0.3 is 0 Å². The molecule has 1 aliphatic heterocycles. The van der Waals surface area contributed by atoms with E-state index in [1.165, 1.54) is 0 Å². The molecule has 2 nitrogen and oxygen atoms in total. The molecule has 1 saturated heterocycles. The van der Waals surface area contributed by atoms with E-state index in [9.17, 15) is 13.2 Å². The molecule has 1 saturated carbocycles. The van der Waals surface area contributed by atoms with Crippen molar-refractivity contribution in [3.63, 3.8) is 0 Å². The molecule has 0 amide bonds. The van der Waals surface area contributed by atoms with Crippen LogP contribution < -0.4 is 0 Å². The minimum atomic E-state index is -0.723. The normalized spacial score (nSPS) is 26.9. The Morgan fingerprint density at radius 1 is 0.971 bits per heavy atom. The molecule has 5 heteroatoms. The fourth-order valence-electron chi connectivity index (χ4n) is 5.74. The Bertz CT molecular complexity index is 1050. The summed E-state index contributed by atoms with van der Waals surface area (Å²) in [7, 11) is 1.69. The number of hydrogen-bond donors (Lipinski definition) is 0. The molecule has 3 aliphatic rings. The Balaban J connectivity index is 1.16. The quantitative estimate of drug-likeness (QED) is 0.387. The lowest BCUT2D eigenvalue weighted by molar-refractivity contribution is 0.0964. The standard InChI is InChI=1S/C29H33F3O2/c1-33-23-12-8-20(9-13-23)25-15-10-21(28(31)29(25)32)7-4-18-2-5-19(6-3-18)24-14-11-22(16-26(24)30)27-17-34-27/h8,10-11,14-16,18-19,23,27H,2-7,9,12-13,17H2,1H3. The highest BCUT2D eigenvalue weighted by molar-refractivity contribution is 5.67. The van der Waals surface area contributed by atoms with E-state index in [2.05, 4.69) is 0 Å². The molecule has 2 aliphatic carbocycles. The molecule has 1 heterocycles. The third kappa shape index (κ3) is 5.11. The molecule has 0 spiro atoms. The van der Waals surface area contributed by atoms with Gasteiger partial charge in [-0.15, -0.1) is 0 Å². The number of benzene rings is 2. The van der Waals surface area contributed by atoms with Gasteiger partial charge in [-0.25, -0.2) is 13.2 Å². The number of ether oxygens (including phenoxy) is 2. The predicted octanol–water partition coefficient (Wildman–Crippen LogP) is 7.66. The maximum Gasteiger partial charge on any atom is 0.166 e. The molecule has 2 aromatic rings. The van der Waals surface area contributed by atoms with Gasteiger partial charge in [-0.3, -0.25) is 0 Å². The molecule has 2 aromatic carbocycles. The first-order chi connectivity index (χ1) is 16.5. The summed E-state index contributed by atoms with van der Waals surface area (Å²) in [6.07, 6.45) is 9.71. The zero-order chi connectivity index (χ0) is 23.7. The first-order valence-corrected chi connectivity index (χ1v) is 12.6. The van der Waals surface area contributed by atoms with E-state index >= 15 is 0 Å². The number of rotatable bonds is 7. The van der Waals surface area contributed by atoms with Crippen LogP contribution in [0.25, 0.3) is 5.57 Å². The Kier molecular flexibility index (Phi) is 7.12. The van der Waals surface area contributed by atoms with Crippen LogP contribution in [0.15, 0.2) is 36.4 Å². The van der Waals surface area contributed by atoms with Gasteiger partial charge in [0.25, 0.3) is 0 Å². The van der Waals surface area contributed by atoms with Crippen molar-refractivity contribution in [2.75, 3.05) is 13.7 Å². The maximum atomic E-state index is 14.9. The van der Waals surface area contributed by atoms with Gasteiger partial charge in [0.15, 0.2) is 11.6 Å². The number of hydrogen-bond acceptors (Lipinski definition) is 2. The molecule has 182 valence electrons. The maximum absolute atomic E-state index is 14.9. The van der Waals surface area contributed by atoms with Gasteiger partial charge in [0.2, 0.25) is 0 Å². The van der Waals surface area contributed by atoms with Crippen LogP contribution in [0.5, 0.6) is 0 Å². The summed E-state index contributed by atoms with van der Waals surface area (Å²) in [4.78, 5) is 0. The fourth-order valence-corrected chi connectivity index (χ4v) is 5.74. The second kappa shape index (κ2) is 10.2. The second-order valence-electron chi connectivity index (χ2n) is 10.1. The van der Waals surface area contributed by atoms with Crippen molar-refractivity contribution in [3.8, 4) is 0 Å². The number of methoxy groups -OCH3 is 1. The molecule has 2 fully saturated rings. The van der Waals surface area contributed by atoms with Crippen molar-refractivity contribution in [1.29, 1.82) is 0 Å². The van der Waals surface area contributed by atoms with E-state index in [0.29, 0.717) is 36.5 Å². The highest BCUT2D eigenvalue weighted by Crippen LogP contribution is 2.40. The van der Waals surface area contributed by atoms with Gasteiger partial charge in [0.05, 0.1) is 12.7 Å². The monoisotopic (exact) mass is 470 g/mol. The third-order valence-corrected chi connectivity index (χ3v) is 8.04. The van der Waals surface area contributed by atoms with Crippen LogP contribution in [0.4, 0.5) is 13.2 Å². The second-order valence-corrected chi connectivity index (χ2v) is 10.1. The summed E-state index contributed by atoms with van der Waals surface area (Å²) >= 11 is 0. The molecule has 2 atom stereocenters. The van der Waals surface area contributed by atoms with Crippen LogP contribution in [0.2, 0.25) is 0 Å². The summed E-state index contributed by atoms with van der Waals surface area (Å²) in [6.45, 7) is 0.684. The molecule has 5 rings (SSSR count). The van der Waals surface area contributed by atoms with Gasteiger partial charge in [-0.1, -0.05) is 30.3 Å². The minimum absolute atomic E-state index is 0.0704. The van der Waals surface area contributed by atoms with Crippen LogP contribution in [-0.4, -0.2) is 19.8 Å². The molecule has 0 N–H and O–H groups in total. The third-order valence-electron chi connectivity index (χ3n) is 8.04. The Labute approximate surface area is 200 Å². The molecule has 0 aromatic heterocycles. The lowest BCUT2D eigenvalue weighted by Gasteiger charge is -2.29. The molecule has 0 bridgehead atoms. The van der Waals surface area contributed by atoms with Crippen LogP contribution in [-0.2, 0) is 15.9 Å². The van der Waals surface area contributed by atoms with Crippen LogP contribution in [0.1, 0.15) is 85.6 Å². The highest BCUT2D eigenvalue weighted by Gasteiger charge is 2.28. The van der Waals surface area contributed by atoms with Crippen molar-refractivity contribution in [3.05, 3.63) is 76.1 Å². The smallest absolute Gasteiger partial charge is 0.166 e. The average Bonchev–Trinajstić information content (AvgIpc) is 3.71. The average molecular weight is 471 g/mol. The molecule has 34 heavy (non-hydrogen) atoms. The SMILES string of the molecule is COC1CC=C(c2ccc(CCC3CCC(c4ccc(C5CO5)cc4F)CC3)c(F)c2F)CC1. The summed E-state index contributed by atoms with van der Waals surface area (Å²) < 4.78 is 55.0. The van der Waals surface area contributed by atoms with Crippen molar-refractivity contribution in [2.24, 2.45) is 5.92 Å². The topological polar surface area (TPSA) is 21.8 Å². The van der Waals surface area contributed by atoms with Gasteiger partial charge < -0.3 is 9.47 Å². The first-order valence-electron chi connectivity index (χ1n) is 12.6. The van der Waals surface area contributed by atoms with Crippen molar-refractivity contribution < 1.29 is 22.6 Å². The van der Waals surface area contributed by atoms with Gasteiger partial charge in [-0.05, 0) is 98.0 Å². The van der Waals surface area contributed by atoms with E-state index in [1.54, 1.807) is 25.3 Å². The van der Waals surface area contributed by atoms with Crippen LogP contribution in [0, 0.1) is 23.4 Å². The van der Waals surface area contributed by atoms with E-state index < -0.39 is 11.6 Å². The van der Waals surface area contributed by atoms with E-state index in [4.69, 9.17) is 9.47 Å². The zero-order valence-corrected chi connectivity index (χ0v) is 19.8. The lowest BCUT2D eigenvalue weighted by atomic mass is 9.76. The fraction of sp³-hybridized carbons (Fsp3) is 0.517. The van der Waals surface area contributed by atoms with Gasteiger partial charge in [0, 0.05) is 12.7 Å². The van der Waals surface area contributed by atoms with E-state index in [-0.39, 0.29) is 23.9 Å². The molecular formula is C29H33F3O2. The number of epoxide rings is 1. The lowest BCUT2D eigenvalue weighted by Crippen LogP contribution is -2.15.